The lowest BCUT2D eigenvalue weighted by Crippen LogP contribution is -1.88. The van der Waals surface area contributed by atoms with Gasteiger partial charge in [0.15, 0.2) is 0 Å². The summed E-state index contributed by atoms with van der Waals surface area (Å²) in [5.74, 6) is 1.55. The number of rotatable bonds is 2. The zero-order valence-electron chi connectivity index (χ0n) is 7.82. The van der Waals surface area contributed by atoms with Crippen LogP contribution in [0.25, 0.3) is 0 Å². The third-order valence-corrected chi connectivity index (χ3v) is 2.22. The van der Waals surface area contributed by atoms with E-state index in [4.69, 9.17) is 0 Å². The van der Waals surface area contributed by atoms with Crippen LogP contribution in [-0.2, 0) is 0 Å². The molecule has 0 aromatic heterocycles. The molecule has 1 aliphatic carbocycles. The monoisotopic (exact) mass is 151 g/mol. The van der Waals surface area contributed by atoms with E-state index in [2.05, 4.69) is 19.9 Å². The Balaban J connectivity index is 2.34. The summed E-state index contributed by atoms with van der Waals surface area (Å²) in [7, 11) is 0. The summed E-state index contributed by atoms with van der Waals surface area (Å²) in [6.45, 7) is 4.46. The van der Waals surface area contributed by atoms with Gasteiger partial charge in [-0.05, 0) is 38.0 Å². The fourth-order valence-electron chi connectivity index (χ4n) is 1.70. The van der Waals surface area contributed by atoms with Gasteiger partial charge in [-0.1, -0.05) is 31.9 Å². The highest BCUT2D eigenvalue weighted by atomic mass is 14.1. The molecule has 0 aliphatic heterocycles. The van der Waals surface area contributed by atoms with Gasteiger partial charge < -0.3 is 0 Å². The molecule has 0 unspecified atom stereocenters. The van der Waals surface area contributed by atoms with Crippen molar-refractivity contribution in [2.24, 2.45) is 0 Å². The average molecular weight is 151 g/mol. The molecule has 0 heterocycles. The molecule has 0 spiro atoms. The van der Waals surface area contributed by atoms with Crippen molar-refractivity contribution in [3.63, 3.8) is 0 Å². The van der Waals surface area contributed by atoms with E-state index in [9.17, 15) is 0 Å². The number of hydrogen-bond donors (Lipinski definition) is 0. The molecule has 1 radical (unpaired) electrons. The lowest BCUT2D eigenvalue weighted by atomic mass is 9.99. The second kappa shape index (κ2) is 4.58. The summed E-state index contributed by atoms with van der Waals surface area (Å²) in [4.78, 5) is 0. The van der Waals surface area contributed by atoms with E-state index in [1.165, 1.54) is 38.5 Å². The molecule has 63 valence electrons. The number of hydrogen-bond acceptors (Lipinski definition) is 0. The van der Waals surface area contributed by atoms with Crippen LogP contribution in [0.1, 0.15) is 52.4 Å². The summed E-state index contributed by atoms with van der Waals surface area (Å²) in [5.41, 5.74) is 1.68. The molecule has 0 aromatic rings. The molecule has 0 N–H and O–H groups in total. The van der Waals surface area contributed by atoms with Gasteiger partial charge in [0.05, 0.1) is 0 Å². The normalized spacial score (nSPS) is 19.7. The highest BCUT2D eigenvalue weighted by Gasteiger charge is 2.04. The second-order valence-corrected chi connectivity index (χ2v) is 3.85. The SMILES string of the molecule is C[C](C)CC1=CCCCCC1. The van der Waals surface area contributed by atoms with E-state index >= 15 is 0 Å². The fraction of sp³-hybridized carbons (Fsp3) is 0.727. The molecule has 0 aromatic carbocycles. The van der Waals surface area contributed by atoms with Crippen molar-refractivity contribution in [2.75, 3.05) is 0 Å². The van der Waals surface area contributed by atoms with Gasteiger partial charge in [0.25, 0.3) is 0 Å². The second-order valence-electron chi connectivity index (χ2n) is 3.85. The molecule has 0 amide bonds. The molecular weight excluding hydrogens is 132 g/mol. The molecule has 0 heteroatoms. The molecule has 0 bridgehead atoms. The Hall–Kier alpha value is -0.260. The Morgan fingerprint density at radius 1 is 1.27 bits per heavy atom. The predicted octanol–water partition coefficient (Wildman–Crippen LogP) is 3.88. The van der Waals surface area contributed by atoms with Gasteiger partial charge in [-0.2, -0.15) is 0 Å². The topological polar surface area (TPSA) is 0 Å². The first-order chi connectivity index (χ1) is 5.29. The van der Waals surface area contributed by atoms with Crippen LogP contribution in [0.3, 0.4) is 0 Å². The first-order valence-electron chi connectivity index (χ1n) is 4.76. The molecule has 1 rings (SSSR count). The average Bonchev–Trinajstić information content (AvgIpc) is 2.14. The lowest BCUT2D eigenvalue weighted by molar-refractivity contribution is 0.703. The van der Waals surface area contributed by atoms with Crippen molar-refractivity contribution in [1.82, 2.24) is 0 Å². The summed E-state index contributed by atoms with van der Waals surface area (Å²) in [6.07, 6.45) is 10.6. The zero-order valence-corrected chi connectivity index (χ0v) is 7.82. The zero-order chi connectivity index (χ0) is 8.10. The third-order valence-electron chi connectivity index (χ3n) is 2.22. The van der Waals surface area contributed by atoms with Crippen LogP contribution in [0, 0.1) is 5.92 Å². The molecule has 0 atom stereocenters. The van der Waals surface area contributed by atoms with Gasteiger partial charge >= 0.3 is 0 Å². The van der Waals surface area contributed by atoms with E-state index in [1.54, 1.807) is 11.5 Å². The summed E-state index contributed by atoms with van der Waals surface area (Å²) in [6, 6.07) is 0. The first kappa shape index (κ1) is 8.83. The van der Waals surface area contributed by atoms with Crippen molar-refractivity contribution in [3.8, 4) is 0 Å². The molecule has 1 aliphatic rings. The van der Waals surface area contributed by atoms with Gasteiger partial charge in [0, 0.05) is 0 Å². The van der Waals surface area contributed by atoms with Crippen LogP contribution in [0.5, 0.6) is 0 Å². The molecule has 0 fully saturated rings. The smallest absolute Gasteiger partial charge is 0.0263 e. The third kappa shape index (κ3) is 3.60. The summed E-state index contributed by atoms with van der Waals surface area (Å²) < 4.78 is 0. The predicted molar refractivity (Wildman–Crippen MR) is 50.4 cm³/mol. The van der Waals surface area contributed by atoms with Crippen LogP contribution in [0.15, 0.2) is 11.6 Å². The van der Waals surface area contributed by atoms with Crippen molar-refractivity contribution in [1.29, 1.82) is 0 Å². The van der Waals surface area contributed by atoms with Crippen LogP contribution in [0.2, 0.25) is 0 Å². The first-order valence-corrected chi connectivity index (χ1v) is 4.76. The Morgan fingerprint density at radius 3 is 2.82 bits per heavy atom. The van der Waals surface area contributed by atoms with E-state index in [1.807, 2.05) is 0 Å². The standard InChI is InChI=1S/C11H19/c1-10(2)9-11-7-5-3-4-6-8-11/h7H,3-6,8-9H2,1-2H3. The fourth-order valence-corrected chi connectivity index (χ4v) is 1.70. The minimum atomic E-state index is 1.25. The van der Waals surface area contributed by atoms with E-state index in [0.717, 1.165) is 0 Å². The van der Waals surface area contributed by atoms with Gasteiger partial charge in [0.1, 0.15) is 0 Å². The minimum absolute atomic E-state index is 1.25. The largest absolute Gasteiger partial charge is 0.0853 e. The van der Waals surface area contributed by atoms with Crippen molar-refractivity contribution < 1.29 is 0 Å². The number of allylic oxidation sites excluding steroid dienone is 2. The Bertz CT molecular complexity index is 131. The van der Waals surface area contributed by atoms with E-state index in [-0.39, 0.29) is 0 Å². The summed E-state index contributed by atoms with van der Waals surface area (Å²) in [5, 5.41) is 0. The van der Waals surface area contributed by atoms with Gasteiger partial charge in [0.2, 0.25) is 0 Å². The van der Waals surface area contributed by atoms with Crippen molar-refractivity contribution in [2.45, 2.75) is 52.4 Å². The van der Waals surface area contributed by atoms with Gasteiger partial charge in [-0.25, -0.2) is 0 Å². The Morgan fingerprint density at radius 2 is 2.09 bits per heavy atom. The molecule has 0 saturated heterocycles. The highest BCUT2D eigenvalue weighted by molar-refractivity contribution is 5.09. The van der Waals surface area contributed by atoms with E-state index in [0.29, 0.717) is 0 Å². The van der Waals surface area contributed by atoms with Crippen LogP contribution >= 0.6 is 0 Å². The highest BCUT2D eigenvalue weighted by Crippen LogP contribution is 2.23. The molecule has 0 nitrogen and oxygen atoms in total. The van der Waals surface area contributed by atoms with Gasteiger partial charge in [-0.3, -0.25) is 0 Å². The quantitative estimate of drug-likeness (QED) is 0.525. The molecule has 0 saturated carbocycles. The van der Waals surface area contributed by atoms with E-state index < -0.39 is 0 Å². The van der Waals surface area contributed by atoms with Crippen LogP contribution in [0.4, 0.5) is 0 Å². The Kier molecular flexibility index (Phi) is 3.68. The lowest BCUT2D eigenvalue weighted by Gasteiger charge is -2.06. The van der Waals surface area contributed by atoms with Gasteiger partial charge in [-0.15, -0.1) is 0 Å². The molecular formula is C11H19. The van der Waals surface area contributed by atoms with Crippen LogP contribution in [-0.4, -0.2) is 0 Å². The minimum Gasteiger partial charge on any atom is -0.0853 e. The summed E-state index contributed by atoms with van der Waals surface area (Å²) >= 11 is 0. The van der Waals surface area contributed by atoms with Crippen molar-refractivity contribution >= 4 is 0 Å². The van der Waals surface area contributed by atoms with Crippen LogP contribution < -0.4 is 0 Å². The van der Waals surface area contributed by atoms with Crippen molar-refractivity contribution in [3.05, 3.63) is 17.6 Å². The maximum absolute atomic E-state index is 2.46. The maximum Gasteiger partial charge on any atom is -0.0263 e. The maximum atomic E-state index is 2.46. The molecule has 11 heavy (non-hydrogen) atoms. The Labute approximate surface area is 70.7 Å².